The Morgan fingerprint density at radius 1 is 1.30 bits per heavy atom. The summed E-state index contributed by atoms with van der Waals surface area (Å²) in [6, 6.07) is 3.81. The Hall–Kier alpha value is -1.17. The van der Waals surface area contributed by atoms with Crippen molar-refractivity contribution in [2.24, 2.45) is 0 Å². The molecule has 5 heteroatoms. The van der Waals surface area contributed by atoms with Crippen LogP contribution >= 0.6 is 0 Å². The van der Waals surface area contributed by atoms with Crippen molar-refractivity contribution in [1.82, 2.24) is 10.3 Å². The van der Waals surface area contributed by atoms with Crippen LogP contribution in [0.15, 0.2) is 12.1 Å². The topological polar surface area (TPSA) is 63.6 Å². The Labute approximate surface area is 121 Å². The molecule has 1 unspecified atom stereocenters. The van der Waals surface area contributed by atoms with E-state index in [4.69, 9.17) is 9.47 Å². The Bertz CT molecular complexity index is 385. The Morgan fingerprint density at radius 2 is 2.10 bits per heavy atom. The van der Waals surface area contributed by atoms with Gasteiger partial charge in [0.25, 0.3) is 0 Å². The summed E-state index contributed by atoms with van der Waals surface area (Å²) >= 11 is 0. The number of aromatic nitrogens is 1. The number of aliphatic hydroxyl groups excluding tert-OH is 1. The van der Waals surface area contributed by atoms with Crippen LogP contribution in [0, 0.1) is 6.92 Å². The Morgan fingerprint density at radius 3 is 2.80 bits per heavy atom. The molecule has 5 nitrogen and oxygen atoms in total. The molecule has 0 aromatic carbocycles. The predicted molar refractivity (Wildman–Crippen MR) is 79.0 cm³/mol. The summed E-state index contributed by atoms with van der Waals surface area (Å²) in [6.07, 6.45) is 0.461. The summed E-state index contributed by atoms with van der Waals surface area (Å²) in [4.78, 5) is 4.48. The second kappa shape index (κ2) is 9.69. The molecular weight excluding hydrogens is 256 g/mol. The summed E-state index contributed by atoms with van der Waals surface area (Å²) in [5.74, 6) is 0.717. The van der Waals surface area contributed by atoms with Gasteiger partial charge in [0, 0.05) is 18.8 Å². The average Bonchev–Trinajstić information content (AvgIpc) is 2.44. The first-order valence-electron chi connectivity index (χ1n) is 7.23. The molecular formula is C15H26N2O3. The molecule has 0 radical (unpaired) electrons. The summed E-state index contributed by atoms with van der Waals surface area (Å²) in [6.45, 7) is 8.69. The fourth-order valence-electron chi connectivity index (χ4n) is 1.73. The maximum absolute atomic E-state index is 9.72. The monoisotopic (exact) mass is 282 g/mol. The van der Waals surface area contributed by atoms with Gasteiger partial charge in [0.1, 0.15) is 18.5 Å². The van der Waals surface area contributed by atoms with E-state index >= 15 is 0 Å². The SMILES string of the molecule is CCCNCc1nc(C)ccc1OCC(O)COCC. The molecule has 1 aromatic heterocycles. The highest BCUT2D eigenvalue weighted by Crippen LogP contribution is 2.17. The highest BCUT2D eigenvalue weighted by atomic mass is 16.5. The first-order valence-corrected chi connectivity index (χ1v) is 7.23. The molecule has 0 saturated heterocycles. The second-order valence-corrected chi connectivity index (χ2v) is 4.70. The number of hydrogen-bond donors (Lipinski definition) is 2. The van der Waals surface area contributed by atoms with Gasteiger partial charge in [-0.2, -0.15) is 0 Å². The predicted octanol–water partition coefficient (Wildman–Crippen LogP) is 1.67. The molecule has 0 fully saturated rings. The first-order chi connectivity index (χ1) is 9.67. The van der Waals surface area contributed by atoms with Crippen molar-refractivity contribution < 1.29 is 14.6 Å². The number of nitrogens with zero attached hydrogens (tertiary/aromatic N) is 1. The van der Waals surface area contributed by atoms with Gasteiger partial charge in [-0.3, -0.25) is 4.98 Å². The number of rotatable bonds is 10. The molecule has 0 saturated carbocycles. The van der Waals surface area contributed by atoms with Gasteiger partial charge in [-0.1, -0.05) is 6.92 Å². The molecule has 0 aliphatic heterocycles. The zero-order chi connectivity index (χ0) is 14.8. The van der Waals surface area contributed by atoms with Gasteiger partial charge in [-0.05, 0) is 38.9 Å². The van der Waals surface area contributed by atoms with Crippen molar-refractivity contribution in [3.05, 3.63) is 23.5 Å². The maximum atomic E-state index is 9.72. The largest absolute Gasteiger partial charge is 0.489 e. The number of hydrogen-bond acceptors (Lipinski definition) is 5. The molecule has 0 aliphatic carbocycles. The van der Waals surface area contributed by atoms with E-state index in [1.807, 2.05) is 26.0 Å². The zero-order valence-electron chi connectivity index (χ0n) is 12.7. The van der Waals surface area contributed by atoms with Crippen LogP contribution in [0.2, 0.25) is 0 Å². The fraction of sp³-hybridized carbons (Fsp3) is 0.667. The zero-order valence-corrected chi connectivity index (χ0v) is 12.7. The third-order valence-electron chi connectivity index (χ3n) is 2.74. The van der Waals surface area contributed by atoms with Crippen LogP contribution < -0.4 is 10.1 Å². The van der Waals surface area contributed by atoms with Crippen LogP contribution in [-0.4, -0.2) is 42.6 Å². The minimum absolute atomic E-state index is 0.214. The smallest absolute Gasteiger partial charge is 0.142 e. The van der Waals surface area contributed by atoms with Crippen molar-refractivity contribution in [1.29, 1.82) is 0 Å². The van der Waals surface area contributed by atoms with Crippen LogP contribution in [0.1, 0.15) is 31.7 Å². The van der Waals surface area contributed by atoms with Crippen LogP contribution in [0.5, 0.6) is 5.75 Å². The van der Waals surface area contributed by atoms with E-state index in [0.717, 1.165) is 30.1 Å². The molecule has 0 amide bonds. The van der Waals surface area contributed by atoms with E-state index in [9.17, 15) is 5.11 Å². The maximum Gasteiger partial charge on any atom is 0.142 e. The van der Waals surface area contributed by atoms with Gasteiger partial charge in [0.2, 0.25) is 0 Å². The van der Waals surface area contributed by atoms with Crippen molar-refractivity contribution in [2.45, 2.75) is 39.8 Å². The molecule has 0 spiro atoms. The van der Waals surface area contributed by atoms with Crippen molar-refractivity contribution in [3.63, 3.8) is 0 Å². The normalized spacial score (nSPS) is 12.4. The molecule has 0 bridgehead atoms. The molecule has 1 aromatic rings. The number of ether oxygens (including phenoxy) is 2. The highest BCUT2D eigenvalue weighted by Gasteiger charge is 2.09. The number of nitrogens with one attached hydrogen (secondary N) is 1. The lowest BCUT2D eigenvalue weighted by Crippen LogP contribution is -2.24. The summed E-state index contributed by atoms with van der Waals surface area (Å²) < 4.78 is 10.8. The molecule has 2 N–H and O–H groups in total. The second-order valence-electron chi connectivity index (χ2n) is 4.70. The lowest BCUT2D eigenvalue weighted by Gasteiger charge is -2.15. The van der Waals surface area contributed by atoms with Crippen LogP contribution in [0.25, 0.3) is 0 Å². The van der Waals surface area contributed by atoms with Crippen molar-refractivity contribution in [3.8, 4) is 5.75 Å². The molecule has 1 rings (SSSR count). The van der Waals surface area contributed by atoms with Gasteiger partial charge in [0.05, 0.1) is 12.3 Å². The minimum Gasteiger partial charge on any atom is -0.489 e. The van der Waals surface area contributed by atoms with Gasteiger partial charge < -0.3 is 19.9 Å². The fourth-order valence-corrected chi connectivity index (χ4v) is 1.73. The van der Waals surface area contributed by atoms with E-state index < -0.39 is 6.10 Å². The van der Waals surface area contributed by atoms with E-state index in [2.05, 4.69) is 17.2 Å². The Kier molecular flexibility index (Phi) is 8.18. The molecule has 20 heavy (non-hydrogen) atoms. The number of aliphatic hydroxyl groups is 1. The molecule has 0 aliphatic rings. The average molecular weight is 282 g/mol. The van der Waals surface area contributed by atoms with Gasteiger partial charge >= 0.3 is 0 Å². The van der Waals surface area contributed by atoms with E-state index in [-0.39, 0.29) is 6.61 Å². The summed E-state index contributed by atoms with van der Waals surface area (Å²) in [7, 11) is 0. The van der Waals surface area contributed by atoms with Crippen LogP contribution in [0.3, 0.4) is 0 Å². The van der Waals surface area contributed by atoms with E-state index in [0.29, 0.717) is 19.8 Å². The molecule has 114 valence electrons. The molecule has 1 heterocycles. The number of pyridine rings is 1. The van der Waals surface area contributed by atoms with Gasteiger partial charge in [-0.25, -0.2) is 0 Å². The van der Waals surface area contributed by atoms with E-state index in [1.165, 1.54) is 0 Å². The first kappa shape index (κ1) is 16.9. The van der Waals surface area contributed by atoms with E-state index in [1.54, 1.807) is 0 Å². The molecule has 1 atom stereocenters. The lowest BCUT2D eigenvalue weighted by atomic mass is 10.2. The lowest BCUT2D eigenvalue weighted by molar-refractivity contribution is 0.0161. The van der Waals surface area contributed by atoms with Gasteiger partial charge in [-0.15, -0.1) is 0 Å². The van der Waals surface area contributed by atoms with Crippen LogP contribution in [0.4, 0.5) is 0 Å². The third kappa shape index (κ3) is 6.32. The van der Waals surface area contributed by atoms with Crippen LogP contribution in [-0.2, 0) is 11.3 Å². The number of aryl methyl sites for hydroxylation is 1. The summed E-state index contributed by atoms with van der Waals surface area (Å²) in [5.41, 5.74) is 1.84. The Balaban J connectivity index is 2.54. The van der Waals surface area contributed by atoms with Crippen molar-refractivity contribution >= 4 is 0 Å². The minimum atomic E-state index is -0.618. The summed E-state index contributed by atoms with van der Waals surface area (Å²) in [5, 5.41) is 13.0. The highest BCUT2D eigenvalue weighted by molar-refractivity contribution is 5.29. The third-order valence-corrected chi connectivity index (χ3v) is 2.74. The van der Waals surface area contributed by atoms with Crippen molar-refractivity contribution in [2.75, 3.05) is 26.4 Å². The quantitative estimate of drug-likeness (QED) is 0.639. The van der Waals surface area contributed by atoms with Gasteiger partial charge in [0.15, 0.2) is 0 Å². The standard InChI is InChI=1S/C15H26N2O3/c1-4-8-16-9-14-15(7-6-12(3)17-14)20-11-13(18)10-19-5-2/h6-7,13,16,18H,4-5,8-11H2,1-3H3.